The summed E-state index contributed by atoms with van der Waals surface area (Å²) < 4.78 is 0. The molecule has 3 aromatic rings. The lowest BCUT2D eigenvalue weighted by atomic mass is 10.0. The highest BCUT2D eigenvalue weighted by molar-refractivity contribution is 7.99. The van der Waals surface area contributed by atoms with E-state index in [0.717, 1.165) is 9.92 Å². The topological polar surface area (TPSA) is 53.5 Å². The molecule has 2 heterocycles. The molecule has 1 fully saturated rings. The minimum absolute atomic E-state index is 0.00720. The van der Waals surface area contributed by atoms with Gasteiger partial charge in [0, 0.05) is 48.4 Å². The quantitative estimate of drug-likeness (QED) is 0.557. The Balaban J connectivity index is 1.32. The lowest BCUT2D eigenvalue weighted by Crippen LogP contribution is -2.50. The third-order valence-corrected chi connectivity index (χ3v) is 6.60. The first-order valence-electron chi connectivity index (χ1n) is 10.9. The van der Waals surface area contributed by atoms with Crippen LogP contribution in [0.4, 0.5) is 0 Å². The van der Waals surface area contributed by atoms with Crippen molar-refractivity contribution in [1.29, 1.82) is 0 Å². The second-order valence-corrected chi connectivity index (χ2v) is 9.25. The minimum Gasteiger partial charge on any atom is -0.335 e. The van der Waals surface area contributed by atoms with Crippen LogP contribution in [0.25, 0.3) is 0 Å². The van der Waals surface area contributed by atoms with Crippen LogP contribution in [0.3, 0.4) is 0 Å². The first kappa shape index (κ1) is 22.1. The Morgan fingerprint density at radius 2 is 1.31 bits per heavy atom. The molecule has 0 saturated carbocycles. The van der Waals surface area contributed by atoms with Gasteiger partial charge >= 0.3 is 0 Å². The second-order valence-electron chi connectivity index (χ2n) is 8.16. The maximum Gasteiger partial charge on any atom is 0.253 e. The van der Waals surface area contributed by atoms with E-state index in [1.54, 1.807) is 18.0 Å². The van der Waals surface area contributed by atoms with Gasteiger partial charge in [-0.3, -0.25) is 9.59 Å². The zero-order valence-electron chi connectivity index (χ0n) is 18.4. The number of piperazine rings is 1. The highest BCUT2D eigenvalue weighted by atomic mass is 32.2. The molecule has 0 radical (unpaired) electrons. The fourth-order valence-corrected chi connectivity index (χ4v) is 4.46. The van der Waals surface area contributed by atoms with Crippen LogP contribution in [0.1, 0.15) is 46.0 Å². The predicted molar refractivity (Wildman–Crippen MR) is 127 cm³/mol. The van der Waals surface area contributed by atoms with Crippen LogP contribution in [0, 0.1) is 0 Å². The fourth-order valence-electron chi connectivity index (χ4n) is 3.68. The van der Waals surface area contributed by atoms with Crippen molar-refractivity contribution in [3.63, 3.8) is 0 Å². The summed E-state index contributed by atoms with van der Waals surface area (Å²) in [4.78, 5) is 34.8. The molecule has 2 aromatic carbocycles. The van der Waals surface area contributed by atoms with Crippen molar-refractivity contribution >= 4 is 23.6 Å². The lowest BCUT2D eigenvalue weighted by Gasteiger charge is -2.35. The molecule has 32 heavy (non-hydrogen) atoms. The van der Waals surface area contributed by atoms with Crippen LogP contribution >= 0.6 is 11.8 Å². The molecule has 1 saturated heterocycles. The number of carbonyl (C=O) groups excluding carboxylic acids is 2. The van der Waals surface area contributed by atoms with Gasteiger partial charge in [-0.1, -0.05) is 43.8 Å². The zero-order valence-corrected chi connectivity index (χ0v) is 19.2. The Morgan fingerprint density at radius 1 is 0.781 bits per heavy atom. The molecule has 5 nitrogen and oxygen atoms in total. The Labute approximate surface area is 193 Å². The van der Waals surface area contributed by atoms with Gasteiger partial charge in [-0.15, -0.1) is 0 Å². The van der Waals surface area contributed by atoms with E-state index in [4.69, 9.17) is 0 Å². The van der Waals surface area contributed by atoms with Gasteiger partial charge in [0.1, 0.15) is 5.03 Å². The number of hydrogen-bond donors (Lipinski definition) is 0. The maximum absolute atomic E-state index is 12.9. The standard InChI is InChI=1S/C26H27N3O2S/c1-19(2)20-6-8-21(9-7-20)25(30)28-15-17-29(18-16-28)26(31)22-10-12-23(13-11-22)32-24-5-3-4-14-27-24/h3-14,19H,15-18H2,1-2H3. The third-order valence-electron chi connectivity index (χ3n) is 5.64. The summed E-state index contributed by atoms with van der Waals surface area (Å²) in [5, 5.41) is 0.922. The number of hydrogen-bond acceptors (Lipinski definition) is 4. The number of nitrogens with zero attached hydrogens (tertiary/aromatic N) is 3. The summed E-state index contributed by atoms with van der Waals surface area (Å²) in [5.74, 6) is 0.479. The molecular formula is C26H27N3O2S. The van der Waals surface area contributed by atoms with Crippen LogP contribution in [0.2, 0.25) is 0 Å². The summed E-state index contributed by atoms with van der Waals surface area (Å²) >= 11 is 1.57. The van der Waals surface area contributed by atoms with Gasteiger partial charge in [0.25, 0.3) is 11.8 Å². The molecule has 1 aromatic heterocycles. The van der Waals surface area contributed by atoms with Gasteiger partial charge in [0.15, 0.2) is 0 Å². The monoisotopic (exact) mass is 445 g/mol. The molecule has 0 N–H and O–H groups in total. The van der Waals surface area contributed by atoms with Gasteiger partial charge in [0.2, 0.25) is 0 Å². The molecular weight excluding hydrogens is 418 g/mol. The second kappa shape index (κ2) is 10.0. The van der Waals surface area contributed by atoms with Gasteiger partial charge < -0.3 is 9.80 Å². The average Bonchev–Trinajstić information content (AvgIpc) is 2.84. The molecule has 0 unspecified atom stereocenters. The third kappa shape index (κ3) is 5.19. The predicted octanol–water partition coefficient (Wildman–Crippen LogP) is 4.95. The van der Waals surface area contributed by atoms with Crippen LogP contribution in [0.5, 0.6) is 0 Å². The van der Waals surface area contributed by atoms with Crippen LogP contribution < -0.4 is 0 Å². The Bertz CT molecular complexity index is 1060. The Hall–Kier alpha value is -3.12. The summed E-state index contributed by atoms with van der Waals surface area (Å²) in [7, 11) is 0. The zero-order chi connectivity index (χ0) is 22.5. The molecule has 0 atom stereocenters. The van der Waals surface area contributed by atoms with E-state index in [9.17, 15) is 9.59 Å². The summed E-state index contributed by atoms with van der Waals surface area (Å²) in [6, 6.07) is 21.3. The van der Waals surface area contributed by atoms with Gasteiger partial charge in [0.05, 0.1) is 0 Å². The molecule has 1 aliphatic heterocycles. The maximum atomic E-state index is 12.9. The van der Waals surface area contributed by atoms with Crippen molar-refractivity contribution in [1.82, 2.24) is 14.8 Å². The summed E-state index contributed by atoms with van der Waals surface area (Å²) in [6.07, 6.45) is 1.77. The summed E-state index contributed by atoms with van der Waals surface area (Å²) in [5.41, 5.74) is 2.59. The molecule has 6 heteroatoms. The van der Waals surface area contributed by atoms with Crippen molar-refractivity contribution in [2.75, 3.05) is 26.2 Å². The highest BCUT2D eigenvalue weighted by Gasteiger charge is 2.25. The van der Waals surface area contributed by atoms with Gasteiger partial charge in [-0.05, 0) is 60.0 Å². The fraction of sp³-hybridized carbons (Fsp3) is 0.269. The van der Waals surface area contributed by atoms with Crippen molar-refractivity contribution in [3.8, 4) is 0 Å². The summed E-state index contributed by atoms with van der Waals surface area (Å²) in [6.45, 7) is 6.45. The Morgan fingerprint density at radius 3 is 1.78 bits per heavy atom. The molecule has 164 valence electrons. The number of benzene rings is 2. The molecule has 4 rings (SSSR count). The van der Waals surface area contributed by atoms with E-state index in [1.807, 2.05) is 76.5 Å². The molecule has 1 aliphatic rings. The van der Waals surface area contributed by atoms with Crippen molar-refractivity contribution in [2.45, 2.75) is 29.7 Å². The first-order chi connectivity index (χ1) is 15.5. The van der Waals surface area contributed by atoms with E-state index >= 15 is 0 Å². The molecule has 0 bridgehead atoms. The number of rotatable bonds is 5. The largest absolute Gasteiger partial charge is 0.335 e. The van der Waals surface area contributed by atoms with Gasteiger partial charge in [-0.25, -0.2) is 4.98 Å². The molecule has 0 spiro atoms. The van der Waals surface area contributed by atoms with E-state index in [-0.39, 0.29) is 11.8 Å². The van der Waals surface area contributed by atoms with Crippen molar-refractivity contribution < 1.29 is 9.59 Å². The van der Waals surface area contributed by atoms with E-state index in [1.165, 1.54) is 5.56 Å². The normalized spacial score (nSPS) is 14.0. The Kier molecular flexibility index (Phi) is 6.90. The molecule has 2 amide bonds. The minimum atomic E-state index is 0.00720. The van der Waals surface area contributed by atoms with Crippen molar-refractivity contribution in [2.24, 2.45) is 0 Å². The number of carbonyl (C=O) groups is 2. The van der Waals surface area contributed by atoms with Crippen LogP contribution in [-0.4, -0.2) is 52.8 Å². The van der Waals surface area contributed by atoms with Crippen LogP contribution in [0.15, 0.2) is 82.8 Å². The molecule has 0 aliphatic carbocycles. The van der Waals surface area contributed by atoms with E-state index < -0.39 is 0 Å². The van der Waals surface area contributed by atoms with Crippen molar-refractivity contribution in [3.05, 3.63) is 89.6 Å². The van der Waals surface area contributed by atoms with E-state index in [0.29, 0.717) is 43.2 Å². The average molecular weight is 446 g/mol. The number of amides is 2. The number of aromatic nitrogens is 1. The number of pyridine rings is 1. The SMILES string of the molecule is CC(C)c1ccc(C(=O)N2CCN(C(=O)c3ccc(Sc4ccccn4)cc3)CC2)cc1. The van der Waals surface area contributed by atoms with Gasteiger partial charge in [-0.2, -0.15) is 0 Å². The van der Waals surface area contributed by atoms with Crippen LogP contribution in [-0.2, 0) is 0 Å². The highest BCUT2D eigenvalue weighted by Crippen LogP contribution is 2.26. The smallest absolute Gasteiger partial charge is 0.253 e. The van der Waals surface area contributed by atoms with E-state index in [2.05, 4.69) is 18.8 Å². The lowest BCUT2D eigenvalue weighted by molar-refractivity contribution is 0.0535. The first-order valence-corrected chi connectivity index (χ1v) is 11.7.